The van der Waals surface area contributed by atoms with Gasteiger partial charge in [0.1, 0.15) is 17.6 Å². The van der Waals surface area contributed by atoms with Crippen LogP contribution in [0.5, 0.6) is 5.75 Å². The molecule has 1 aliphatic carbocycles. The topological polar surface area (TPSA) is 58.6 Å². The SMILES string of the molecule is COc1cccc(CN(C(=O)Cc2cccs2)[C@H](C(=O)NC2CCCCC2)c2ccc(F)cc2)c1. The number of carbonyl (C=O) groups excluding carboxylic acids is 2. The van der Waals surface area contributed by atoms with Gasteiger partial charge >= 0.3 is 0 Å². The summed E-state index contributed by atoms with van der Waals surface area (Å²) in [6.07, 6.45) is 5.39. The first-order valence-electron chi connectivity index (χ1n) is 12.0. The van der Waals surface area contributed by atoms with E-state index in [0.29, 0.717) is 11.3 Å². The van der Waals surface area contributed by atoms with E-state index in [4.69, 9.17) is 4.74 Å². The van der Waals surface area contributed by atoms with Gasteiger partial charge in [0.05, 0.1) is 13.5 Å². The Labute approximate surface area is 209 Å². The molecular formula is C28H31FN2O3S. The van der Waals surface area contributed by atoms with Gasteiger partial charge in [-0.25, -0.2) is 4.39 Å². The number of benzene rings is 2. The zero-order valence-electron chi connectivity index (χ0n) is 19.9. The van der Waals surface area contributed by atoms with E-state index in [1.165, 1.54) is 29.9 Å². The zero-order valence-corrected chi connectivity index (χ0v) is 20.7. The van der Waals surface area contributed by atoms with E-state index in [1.54, 1.807) is 24.1 Å². The minimum atomic E-state index is -0.879. The van der Waals surface area contributed by atoms with Crippen LogP contribution in [0.4, 0.5) is 4.39 Å². The van der Waals surface area contributed by atoms with Gasteiger partial charge in [-0.15, -0.1) is 11.3 Å². The van der Waals surface area contributed by atoms with Crippen LogP contribution >= 0.6 is 11.3 Å². The molecular weight excluding hydrogens is 463 g/mol. The van der Waals surface area contributed by atoms with E-state index < -0.39 is 6.04 Å². The Kier molecular flexibility index (Phi) is 8.53. The largest absolute Gasteiger partial charge is 0.497 e. The summed E-state index contributed by atoms with van der Waals surface area (Å²) in [5, 5.41) is 5.12. The molecule has 0 radical (unpaired) electrons. The molecule has 0 bridgehead atoms. The third-order valence-corrected chi connectivity index (χ3v) is 7.29. The number of thiophene rings is 1. The molecule has 1 saturated carbocycles. The molecule has 0 saturated heterocycles. The van der Waals surface area contributed by atoms with Gasteiger partial charge in [-0.05, 0) is 59.7 Å². The molecule has 0 aliphatic heterocycles. The molecule has 5 nitrogen and oxygen atoms in total. The smallest absolute Gasteiger partial charge is 0.247 e. The second-order valence-corrected chi connectivity index (χ2v) is 9.96. The fourth-order valence-electron chi connectivity index (χ4n) is 4.60. The van der Waals surface area contributed by atoms with E-state index in [-0.39, 0.29) is 36.6 Å². The van der Waals surface area contributed by atoms with Crippen LogP contribution in [0, 0.1) is 5.82 Å². The van der Waals surface area contributed by atoms with Crippen molar-refractivity contribution >= 4 is 23.2 Å². The second kappa shape index (κ2) is 12.0. The Morgan fingerprint density at radius 1 is 1.09 bits per heavy atom. The predicted octanol–water partition coefficient (Wildman–Crippen LogP) is 5.66. The van der Waals surface area contributed by atoms with Gasteiger partial charge in [-0.1, -0.05) is 49.6 Å². The maximum Gasteiger partial charge on any atom is 0.247 e. The van der Waals surface area contributed by atoms with E-state index in [1.807, 2.05) is 41.8 Å². The summed E-state index contributed by atoms with van der Waals surface area (Å²) in [4.78, 5) is 30.0. The summed E-state index contributed by atoms with van der Waals surface area (Å²) in [7, 11) is 1.60. The van der Waals surface area contributed by atoms with Crippen molar-refractivity contribution in [1.82, 2.24) is 10.2 Å². The summed E-state index contributed by atoms with van der Waals surface area (Å²) in [6, 6.07) is 16.4. The number of nitrogens with zero attached hydrogens (tertiary/aromatic N) is 1. The summed E-state index contributed by atoms with van der Waals surface area (Å²) in [5.41, 5.74) is 1.43. The molecule has 2 aromatic carbocycles. The van der Waals surface area contributed by atoms with Gasteiger partial charge < -0.3 is 15.0 Å². The van der Waals surface area contributed by atoms with Crippen molar-refractivity contribution in [2.45, 2.75) is 57.2 Å². The molecule has 35 heavy (non-hydrogen) atoms. The number of rotatable bonds is 9. The highest BCUT2D eigenvalue weighted by atomic mass is 32.1. The van der Waals surface area contributed by atoms with Gasteiger partial charge in [-0.3, -0.25) is 9.59 Å². The number of ether oxygens (including phenoxy) is 1. The van der Waals surface area contributed by atoms with Crippen LogP contribution < -0.4 is 10.1 Å². The predicted molar refractivity (Wildman–Crippen MR) is 136 cm³/mol. The molecule has 184 valence electrons. The average molecular weight is 495 g/mol. The lowest BCUT2D eigenvalue weighted by Gasteiger charge is -2.33. The highest BCUT2D eigenvalue weighted by molar-refractivity contribution is 7.10. The maximum absolute atomic E-state index is 13.8. The Hall–Kier alpha value is -3.19. The number of nitrogens with one attached hydrogen (secondary N) is 1. The summed E-state index contributed by atoms with van der Waals surface area (Å²) >= 11 is 1.51. The number of amides is 2. The first-order chi connectivity index (χ1) is 17.0. The Balaban J connectivity index is 1.69. The van der Waals surface area contributed by atoms with Crippen molar-refractivity contribution in [3.8, 4) is 5.75 Å². The molecule has 2 amide bonds. The van der Waals surface area contributed by atoms with Crippen LogP contribution in [0.15, 0.2) is 66.0 Å². The quantitative estimate of drug-likeness (QED) is 0.418. The van der Waals surface area contributed by atoms with Gasteiger partial charge in [0.15, 0.2) is 0 Å². The third kappa shape index (κ3) is 6.69. The van der Waals surface area contributed by atoms with Crippen LogP contribution in [0.1, 0.15) is 54.1 Å². The Morgan fingerprint density at radius 2 is 1.86 bits per heavy atom. The van der Waals surface area contributed by atoms with Crippen LogP contribution in [0.3, 0.4) is 0 Å². The first kappa shape index (κ1) is 24.9. The average Bonchev–Trinajstić information content (AvgIpc) is 3.38. The maximum atomic E-state index is 13.8. The van der Waals surface area contributed by atoms with E-state index >= 15 is 0 Å². The molecule has 0 spiro atoms. The van der Waals surface area contributed by atoms with Crippen LogP contribution in [-0.4, -0.2) is 29.9 Å². The Morgan fingerprint density at radius 3 is 2.54 bits per heavy atom. The van der Waals surface area contributed by atoms with E-state index in [9.17, 15) is 14.0 Å². The summed E-state index contributed by atoms with van der Waals surface area (Å²) < 4.78 is 19.1. The number of halogens is 1. The van der Waals surface area contributed by atoms with Crippen molar-refractivity contribution < 1.29 is 18.7 Å². The lowest BCUT2D eigenvalue weighted by Crippen LogP contribution is -2.47. The van der Waals surface area contributed by atoms with Crippen molar-refractivity contribution in [1.29, 1.82) is 0 Å². The molecule has 0 unspecified atom stereocenters. The minimum Gasteiger partial charge on any atom is -0.497 e. The molecule has 1 aliphatic rings. The fraction of sp³-hybridized carbons (Fsp3) is 0.357. The Bertz CT molecular complexity index is 1110. The summed E-state index contributed by atoms with van der Waals surface area (Å²) in [5.74, 6) is -0.100. The van der Waals surface area contributed by atoms with Crippen LogP contribution in [-0.2, 0) is 22.6 Å². The molecule has 1 atom stereocenters. The van der Waals surface area contributed by atoms with Crippen molar-refractivity contribution in [2.75, 3.05) is 7.11 Å². The van der Waals surface area contributed by atoms with Gasteiger partial charge in [0, 0.05) is 17.5 Å². The fourth-order valence-corrected chi connectivity index (χ4v) is 5.30. The molecule has 1 fully saturated rings. The highest BCUT2D eigenvalue weighted by Gasteiger charge is 2.33. The number of carbonyl (C=O) groups is 2. The lowest BCUT2D eigenvalue weighted by atomic mass is 9.94. The molecule has 3 aromatic rings. The standard InChI is InChI=1S/C28H31FN2O3S/c1-34-24-10-5-7-20(17-24)19-31(26(32)18-25-11-6-16-35-25)27(21-12-14-22(29)15-13-21)28(33)30-23-8-3-2-4-9-23/h5-7,10-17,23,27H,2-4,8-9,18-19H2,1H3,(H,30,33)/t27-/m0/s1. The van der Waals surface area contributed by atoms with E-state index in [2.05, 4.69) is 5.32 Å². The second-order valence-electron chi connectivity index (χ2n) is 8.93. The monoisotopic (exact) mass is 494 g/mol. The van der Waals surface area contributed by atoms with Crippen molar-refractivity contribution in [3.05, 3.63) is 87.9 Å². The van der Waals surface area contributed by atoms with Gasteiger partial charge in [-0.2, -0.15) is 0 Å². The highest BCUT2D eigenvalue weighted by Crippen LogP contribution is 2.28. The normalized spacial score (nSPS) is 14.8. The third-order valence-electron chi connectivity index (χ3n) is 6.41. The number of hydrogen-bond acceptors (Lipinski definition) is 4. The van der Waals surface area contributed by atoms with Crippen molar-refractivity contribution in [3.63, 3.8) is 0 Å². The van der Waals surface area contributed by atoms with Gasteiger partial charge in [0.25, 0.3) is 0 Å². The van der Waals surface area contributed by atoms with Crippen molar-refractivity contribution in [2.24, 2.45) is 0 Å². The van der Waals surface area contributed by atoms with Gasteiger partial charge in [0.2, 0.25) is 11.8 Å². The molecule has 4 rings (SSSR count). The molecule has 1 heterocycles. The minimum absolute atomic E-state index is 0.0882. The van der Waals surface area contributed by atoms with Crippen LogP contribution in [0.2, 0.25) is 0 Å². The number of hydrogen-bond donors (Lipinski definition) is 1. The summed E-state index contributed by atoms with van der Waals surface area (Å²) in [6.45, 7) is 0.224. The lowest BCUT2D eigenvalue weighted by molar-refractivity contribution is -0.141. The van der Waals surface area contributed by atoms with Crippen LogP contribution in [0.25, 0.3) is 0 Å². The first-order valence-corrected chi connectivity index (χ1v) is 12.9. The molecule has 1 aromatic heterocycles. The molecule has 7 heteroatoms. The number of methoxy groups -OCH3 is 1. The van der Waals surface area contributed by atoms with E-state index in [0.717, 1.165) is 36.1 Å². The molecule has 1 N–H and O–H groups in total. The zero-order chi connectivity index (χ0) is 24.6.